The Labute approximate surface area is 98.9 Å². The Bertz CT molecular complexity index is 451. The van der Waals surface area contributed by atoms with E-state index < -0.39 is 5.97 Å². The van der Waals surface area contributed by atoms with E-state index in [-0.39, 0.29) is 18.8 Å². The zero-order valence-corrected chi connectivity index (χ0v) is 9.62. The molecule has 0 bridgehead atoms. The summed E-state index contributed by atoms with van der Waals surface area (Å²) in [6.45, 7) is 1.66. The van der Waals surface area contributed by atoms with E-state index >= 15 is 0 Å². The standard InChI is InChI=1S/C11H11NO3S/c1-2-15-11(14)9-3-8(6-13)7(5-12)4-10(9)16/h3-4,13,16H,2,6H2,1H3. The van der Waals surface area contributed by atoms with Gasteiger partial charge in [-0.25, -0.2) is 4.79 Å². The second kappa shape index (κ2) is 5.54. The number of benzene rings is 1. The van der Waals surface area contributed by atoms with Gasteiger partial charge >= 0.3 is 5.97 Å². The summed E-state index contributed by atoms with van der Waals surface area (Å²) in [7, 11) is 0. The van der Waals surface area contributed by atoms with Gasteiger partial charge in [0.25, 0.3) is 0 Å². The van der Waals surface area contributed by atoms with Gasteiger partial charge in [0.05, 0.1) is 30.4 Å². The Morgan fingerprint density at radius 3 is 2.81 bits per heavy atom. The average Bonchev–Trinajstić information content (AvgIpc) is 2.28. The van der Waals surface area contributed by atoms with Gasteiger partial charge in [-0.1, -0.05) is 0 Å². The molecule has 0 amide bonds. The summed E-state index contributed by atoms with van der Waals surface area (Å²) >= 11 is 4.11. The van der Waals surface area contributed by atoms with Gasteiger partial charge in [0.1, 0.15) is 0 Å². The summed E-state index contributed by atoms with van der Waals surface area (Å²) in [5.41, 5.74) is 0.956. The zero-order valence-electron chi connectivity index (χ0n) is 8.73. The highest BCUT2D eigenvalue weighted by Crippen LogP contribution is 2.21. The number of thiol groups is 1. The highest BCUT2D eigenvalue weighted by atomic mass is 32.1. The van der Waals surface area contributed by atoms with Crippen LogP contribution in [0.5, 0.6) is 0 Å². The number of carbonyl (C=O) groups is 1. The van der Waals surface area contributed by atoms with E-state index in [0.717, 1.165) is 0 Å². The highest BCUT2D eigenvalue weighted by Gasteiger charge is 2.14. The van der Waals surface area contributed by atoms with E-state index in [0.29, 0.717) is 16.0 Å². The van der Waals surface area contributed by atoms with Crippen LogP contribution in [0.15, 0.2) is 17.0 Å². The van der Waals surface area contributed by atoms with Crippen LogP contribution in [-0.4, -0.2) is 17.7 Å². The molecule has 4 nitrogen and oxygen atoms in total. The summed E-state index contributed by atoms with van der Waals surface area (Å²) < 4.78 is 4.83. The third-order valence-corrected chi connectivity index (χ3v) is 2.38. The second-order valence-corrected chi connectivity index (χ2v) is 3.50. The number of hydrogen-bond donors (Lipinski definition) is 2. The average molecular weight is 237 g/mol. The summed E-state index contributed by atoms with van der Waals surface area (Å²) in [6, 6.07) is 4.80. The lowest BCUT2D eigenvalue weighted by atomic mass is 10.1. The van der Waals surface area contributed by atoms with Crippen molar-refractivity contribution in [3.63, 3.8) is 0 Å². The van der Waals surface area contributed by atoms with Crippen molar-refractivity contribution in [1.29, 1.82) is 5.26 Å². The van der Waals surface area contributed by atoms with E-state index in [4.69, 9.17) is 15.1 Å². The summed E-state index contributed by atoms with van der Waals surface area (Å²) in [6.07, 6.45) is 0. The number of ether oxygens (including phenoxy) is 1. The Morgan fingerprint density at radius 2 is 2.31 bits per heavy atom. The number of rotatable bonds is 3. The molecule has 1 rings (SSSR count). The van der Waals surface area contributed by atoms with Gasteiger partial charge in [-0.05, 0) is 24.6 Å². The highest BCUT2D eigenvalue weighted by molar-refractivity contribution is 7.80. The van der Waals surface area contributed by atoms with Crippen molar-refractivity contribution in [2.24, 2.45) is 0 Å². The van der Waals surface area contributed by atoms with Gasteiger partial charge < -0.3 is 9.84 Å². The largest absolute Gasteiger partial charge is 0.462 e. The number of hydrogen-bond acceptors (Lipinski definition) is 5. The molecule has 0 aliphatic rings. The Morgan fingerprint density at radius 1 is 1.62 bits per heavy atom. The first-order valence-corrected chi connectivity index (χ1v) is 5.12. The lowest BCUT2D eigenvalue weighted by Gasteiger charge is -2.08. The second-order valence-electron chi connectivity index (χ2n) is 3.02. The lowest BCUT2D eigenvalue weighted by Crippen LogP contribution is -2.07. The first-order chi connectivity index (χ1) is 7.63. The number of nitrogens with zero attached hydrogens (tertiary/aromatic N) is 1. The van der Waals surface area contributed by atoms with Crippen molar-refractivity contribution in [3.05, 3.63) is 28.8 Å². The molecule has 0 fully saturated rings. The van der Waals surface area contributed by atoms with Gasteiger partial charge in [0, 0.05) is 4.90 Å². The molecule has 84 valence electrons. The van der Waals surface area contributed by atoms with Gasteiger partial charge in [-0.15, -0.1) is 12.6 Å². The number of aliphatic hydroxyl groups excluding tert-OH is 1. The van der Waals surface area contributed by atoms with Crippen LogP contribution in [0, 0.1) is 11.3 Å². The molecule has 0 aliphatic heterocycles. The third-order valence-electron chi connectivity index (χ3n) is 2.01. The molecule has 0 radical (unpaired) electrons. The van der Waals surface area contributed by atoms with Gasteiger partial charge in [0.15, 0.2) is 0 Å². The Balaban J connectivity index is 3.22. The van der Waals surface area contributed by atoms with Crippen LogP contribution in [0.4, 0.5) is 0 Å². The molecular weight excluding hydrogens is 226 g/mol. The van der Waals surface area contributed by atoms with Crippen LogP contribution < -0.4 is 0 Å². The molecule has 0 atom stereocenters. The van der Waals surface area contributed by atoms with E-state index in [1.54, 1.807) is 6.92 Å². The molecule has 1 N–H and O–H groups in total. The fourth-order valence-electron chi connectivity index (χ4n) is 1.24. The number of aliphatic hydroxyl groups is 1. The minimum atomic E-state index is -0.508. The first kappa shape index (κ1) is 12.6. The predicted molar refractivity (Wildman–Crippen MR) is 60.3 cm³/mol. The van der Waals surface area contributed by atoms with Crippen LogP contribution in [-0.2, 0) is 11.3 Å². The summed E-state index contributed by atoms with van der Waals surface area (Å²) in [5, 5.41) is 17.8. The molecule has 0 aromatic heterocycles. The quantitative estimate of drug-likeness (QED) is 0.617. The maximum atomic E-state index is 11.5. The summed E-state index contributed by atoms with van der Waals surface area (Å²) in [5.74, 6) is -0.508. The van der Waals surface area contributed by atoms with E-state index in [2.05, 4.69) is 12.6 Å². The molecule has 0 spiro atoms. The van der Waals surface area contributed by atoms with Crippen LogP contribution >= 0.6 is 12.6 Å². The minimum Gasteiger partial charge on any atom is -0.462 e. The number of esters is 1. The zero-order chi connectivity index (χ0) is 12.1. The topological polar surface area (TPSA) is 70.3 Å². The van der Waals surface area contributed by atoms with E-state index in [9.17, 15) is 4.79 Å². The van der Waals surface area contributed by atoms with Crippen molar-refractivity contribution in [2.75, 3.05) is 6.61 Å². The molecule has 0 heterocycles. The van der Waals surface area contributed by atoms with Crippen LogP contribution in [0.25, 0.3) is 0 Å². The fourth-order valence-corrected chi connectivity index (χ4v) is 1.53. The smallest absolute Gasteiger partial charge is 0.339 e. The van der Waals surface area contributed by atoms with Crippen LogP contribution in [0.1, 0.15) is 28.4 Å². The van der Waals surface area contributed by atoms with E-state index in [1.807, 2.05) is 6.07 Å². The molecule has 0 aliphatic carbocycles. The molecule has 0 saturated carbocycles. The first-order valence-electron chi connectivity index (χ1n) is 4.68. The SMILES string of the molecule is CCOC(=O)c1cc(CO)c(C#N)cc1S. The molecule has 1 aromatic carbocycles. The Hall–Kier alpha value is -1.51. The number of nitriles is 1. The van der Waals surface area contributed by atoms with E-state index in [1.165, 1.54) is 12.1 Å². The third kappa shape index (κ3) is 2.54. The molecule has 1 aromatic rings. The normalized spacial score (nSPS) is 9.62. The van der Waals surface area contributed by atoms with Crippen LogP contribution in [0.3, 0.4) is 0 Å². The van der Waals surface area contributed by atoms with Crippen LogP contribution in [0.2, 0.25) is 0 Å². The van der Waals surface area contributed by atoms with Crippen molar-refractivity contribution in [1.82, 2.24) is 0 Å². The molecular formula is C11H11NO3S. The molecule has 5 heteroatoms. The van der Waals surface area contributed by atoms with Crippen molar-refractivity contribution in [3.8, 4) is 6.07 Å². The Kier molecular flexibility index (Phi) is 4.35. The fraction of sp³-hybridized carbons (Fsp3) is 0.273. The van der Waals surface area contributed by atoms with Crippen molar-refractivity contribution >= 4 is 18.6 Å². The molecule has 0 unspecified atom stereocenters. The molecule has 16 heavy (non-hydrogen) atoms. The molecule has 0 saturated heterocycles. The maximum absolute atomic E-state index is 11.5. The van der Waals surface area contributed by atoms with Gasteiger partial charge in [0.2, 0.25) is 0 Å². The monoisotopic (exact) mass is 237 g/mol. The summed E-state index contributed by atoms with van der Waals surface area (Å²) in [4.78, 5) is 11.9. The van der Waals surface area contributed by atoms with Gasteiger partial charge in [-0.3, -0.25) is 0 Å². The number of carbonyl (C=O) groups excluding carboxylic acids is 1. The minimum absolute atomic E-state index is 0.258. The lowest BCUT2D eigenvalue weighted by molar-refractivity contribution is 0.0522. The predicted octanol–water partition coefficient (Wildman–Crippen LogP) is 1.52. The van der Waals surface area contributed by atoms with Crippen molar-refractivity contribution in [2.45, 2.75) is 18.4 Å². The maximum Gasteiger partial charge on any atom is 0.339 e. The van der Waals surface area contributed by atoms with Gasteiger partial charge in [-0.2, -0.15) is 5.26 Å². The van der Waals surface area contributed by atoms with Crippen molar-refractivity contribution < 1.29 is 14.6 Å².